The highest BCUT2D eigenvalue weighted by Gasteiger charge is 2.16. The van der Waals surface area contributed by atoms with Crippen molar-refractivity contribution < 1.29 is 18.7 Å². The second-order valence-electron chi connectivity index (χ2n) is 5.90. The lowest BCUT2D eigenvalue weighted by atomic mass is 10.3. The van der Waals surface area contributed by atoms with E-state index in [0.717, 1.165) is 16.0 Å². The fraction of sp³-hybridized carbons (Fsp3) is 0.190. The zero-order valence-corrected chi connectivity index (χ0v) is 16.5. The number of ether oxygens (including phenoxy) is 2. The van der Waals surface area contributed by atoms with Crippen LogP contribution >= 0.6 is 15.9 Å². The van der Waals surface area contributed by atoms with Gasteiger partial charge in [0.05, 0.1) is 6.54 Å². The first-order valence-corrected chi connectivity index (χ1v) is 9.31. The average molecular weight is 430 g/mol. The number of carbonyl (C=O) groups excluding carboxylic acids is 1. The van der Waals surface area contributed by atoms with Crippen LogP contribution in [0, 0.1) is 0 Å². The fourth-order valence-corrected chi connectivity index (χ4v) is 2.63. The smallest absolute Gasteiger partial charge is 0.289 e. The summed E-state index contributed by atoms with van der Waals surface area (Å²) in [4.78, 5) is 14.0. The molecule has 2 aromatic carbocycles. The van der Waals surface area contributed by atoms with E-state index in [1.165, 1.54) is 0 Å². The van der Waals surface area contributed by atoms with Gasteiger partial charge >= 0.3 is 0 Å². The number of rotatable bonds is 8. The molecule has 1 amide bonds. The zero-order valence-electron chi connectivity index (χ0n) is 14.9. The van der Waals surface area contributed by atoms with Crippen molar-refractivity contribution in [3.05, 3.63) is 82.7 Å². The molecule has 0 saturated carbocycles. The van der Waals surface area contributed by atoms with Crippen LogP contribution in [0.25, 0.3) is 0 Å². The molecule has 5 nitrogen and oxygen atoms in total. The standard InChI is InChI=1S/C21H20BrNO4/c1-23(13-14-25-17-5-3-2-4-6-17)21(24)20-12-11-19(27-20)15-26-18-9-7-16(22)8-10-18/h2-12H,13-15H2,1H3. The minimum Gasteiger partial charge on any atom is -0.492 e. The highest BCUT2D eigenvalue weighted by Crippen LogP contribution is 2.18. The van der Waals surface area contributed by atoms with E-state index in [-0.39, 0.29) is 18.3 Å². The molecule has 0 saturated heterocycles. The Labute approximate surface area is 166 Å². The number of likely N-dealkylation sites (N-methyl/N-ethyl adjacent to an activating group) is 1. The molecule has 27 heavy (non-hydrogen) atoms. The van der Waals surface area contributed by atoms with Crippen LogP contribution < -0.4 is 9.47 Å². The summed E-state index contributed by atoms with van der Waals surface area (Å²) in [6.07, 6.45) is 0. The van der Waals surface area contributed by atoms with E-state index < -0.39 is 0 Å². The number of furan rings is 1. The van der Waals surface area contributed by atoms with Gasteiger partial charge in [-0.25, -0.2) is 0 Å². The average Bonchev–Trinajstić information content (AvgIpc) is 3.17. The van der Waals surface area contributed by atoms with Gasteiger partial charge in [-0.2, -0.15) is 0 Å². The van der Waals surface area contributed by atoms with Crippen LogP contribution in [0.3, 0.4) is 0 Å². The summed E-state index contributed by atoms with van der Waals surface area (Å²) in [5.74, 6) is 2.20. The Morgan fingerprint density at radius 1 is 0.963 bits per heavy atom. The summed E-state index contributed by atoms with van der Waals surface area (Å²) in [6, 6.07) is 20.4. The summed E-state index contributed by atoms with van der Waals surface area (Å²) < 4.78 is 17.9. The number of benzene rings is 2. The molecular formula is C21H20BrNO4. The van der Waals surface area contributed by atoms with Gasteiger partial charge in [0, 0.05) is 11.5 Å². The third kappa shape index (κ3) is 5.62. The van der Waals surface area contributed by atoms with Crippen LogP contribution in [0.5, 0.6) is 11.5 Å². The molecule has 0 aliphatic carbocycles. The lowest BCUT2D eigenvalue weighted by Crippen LogP contribution is -2.30. The van der Waals surface area contributed by atoms with Gasteiger partial charge in [0.15, 0.2) is 5.76 Å². The van der Waals surface area contributed by atoms with Gasteiger partial charge in [-0.15, -0.1) is 0 Å². The summed E-state index contributed by atoms with van der Waals surface area (Å²) in [5.41, 5.74) is 0. The van der Waals surface area contributed by atoms with Crippen molar-refractivity contribution in [1.29, 1.82) is 0 Å². The predicted molar refractivity (Wildman–Crippen MR) is 106 cm³/mol. The molecular weight excluding hydrogens is 410 g/mol. The molecule has 6 heteroatoms. The van der Waals surface area contributed by atoms with E-state index >= 15 is 0 Å². The van der Waals surface area contributed by atoms with E-state index in [9.17, 15) is 4.79 Å². The maximum Gasteiger partial charge on any atom is 0.289 e. The van der Waals surface area contributed by atoms with Crippen LogP contribution in [-0.2, 0) is 6.61 Å². The van der Waals surface area contributed by atoms with Crippen molar-refractivity contribution in [2.45, 2.75) is 6.61 Å². The lowest BCUT2D eigenvalue weighted by Gasteiger charge is -2.16. The molecule has 0 bridgehead atoms. The van der Waals surface area contributed by atoms with Crippen LogP contribution in [0.1, 0.15) is 16.3 Å². The maximum absolute atomic E-state index is 12.4. The van der Waals surface area contributed by atoms with Gasteiger partial charge < -0.3 is 18.8 Å². The minimum absolute atomic E-state index is 0.193. The van der Waals surface area contributed by atoms with E-state index in [4.69, 9.17) is 13.9 Å². The van der Waals surface area contributed by atoms with Gasteiger partial charge in [-0.3, -0.25) is 4.79 Å². The molecule has 0 aliphatic heterocycles. The van der Waals surface area contributed by atoms with Crippen LogP contribution in [0.15, 0.2) is 75.6 Å². The first kappa shape index (κ1) is 19.0. The van der Waals surface area contributed by atoms with Crippen molar-refractivity contribution in [2.24, 2.45) is 0 Å². The monoisotopic (exact) mass is 429 g/mol. The molecule has 3 aromatic rings. The van der Waals surface area contributed by atoms with Gasteiger partial charge in [0.1, 0.15) is 30.5 Å². The molecule has 0 aliphatic rings. The largest absolute Gasteiger partial charge is 0.492 e. The Balaban J connectivity index is 1.47. The third-order valence-electron chi connectivity index (χ3n) is 3.85. The highest BCUT2D eigenvalue weighted by molar-refractivity contribution is 9.10. The second kappa shape index (κ2) is 9.28. The number of hydrogen-bond acceptors (Lipinski definition) is 4. The number of carbonyl (C=O) groups is 1. The van der Waals surface area contributed by atoms with Crippen LogP contribution in [0.2, 0.25) is 0 Å². The Hall–Kier alpha value is -2.73. The van der Waals surface area contributed by atoms with Crippen LogP contribution in [-0.4, -0.2) is 31.0 Å². The van der Waals surface area contributed by atoms with Crippen LogP contribution in [0.4, 0.5) is 0 Å². The molecule has 140 valence electrons. The number of amides is 1. The molecule has 0 radical (unpaired) electrons. The van der Waals surface area contributed by atoms with Crippen molar-refractivity contribution in [3.8, 4) is 11.5 Å². The Bertz CT molecular complexity index is 861. The molecule has 3 rings (SSSR count). The van der Waals surface area contributed by atoms with E-state index in [0.29, 0.717) is 18.9 Å². The molecule has 0 spiro atoms. The van der Waals surface area contributed by atoms with Gasteiger partial charge in [0.2, 0.25) is 0 Å². The lowest BCUT2D eigenvalue weighted by molar-refractivity contribution is 0.0738. The summed E-state index contributed by atoms with van der Waals surface area (Å²) >= 11 is 3.38. The molecule has 1 heterocycles. The van der Waals surface area contributed by atoms with Crippen molar-refractivity contribution in [1.82, 2.24) is 4.90 Å². The Morgan fingerprint density at radius 3 is 2.41 bits per heavy atom. The van der Waals surface area contributed by atoms with Gasteiger partial charge in [-0.05, 0) is 48.5 Å². The van der Waals surface area contributed by atoms with Crippen molar-refractivity contribution in [2.75, 3.05) is 20.2 Å². The van der Waals surface area contributed by atoms with Gasteiger partial charge in [0.25, 0.3) is 5.91 Å². The normalized spacial score (nSPS) is 10.4. The molecule has 0 unspecified atom stereocenters. The summed E-state index contributed by atoms with van der Waals surface area (Å²) in [6.45, 7) is 1.13. The van der Waals surface area contributed by atoms with E-state index in [1.807, 2.05) is 54.6 Å². The first-order chi connectivity index (χ1) is 13.1. The van der Waals surface area contributed by atoms with Crippen molar-refractivity contribution >= 4 is 21.8 Å². The fourth-order valence-electron chi connectivity index (χ4n) is 2.36. The Morgan fingerprint density at radius 2 is 1.67 bits per heavy atom. The number of nitrogens with zero attached hydrogens (tertiary/aromatic N) is 1. The Kier molecular flexibility index (Phi) is 6.54. The molecule has 1 aromatic heterocycles. The quantitative estimate of drug-likeness (QED) is 0.517. The molecule has 0 N–H and O–H groups in total. The van der Waals surface area contributed by atoms with E-state index in [2.05, 4.69) is 15.9 Å². The summed E-state index contributed by atoms with van der Waals surface area (Å²) in [5, 5.41) is 0. The number of halogens is 1. The highest BCUT2D eigenvalue weighted by atomic mass is 79.9. The second-order valence-corrected chi connectivity index (χ2v) is 6.81. The maximum atomic E-state index is 12.4. The van der Waals surface area contributed by atoms with E-state index in [1.54, 1.807) is 24.1 Å². The summed E-state index contributed by atoms with van der Waals surface area (Å²) in [7, 11) is 1.72. The topological polar surface area (TPSA) is 51.9 Å². The van der Waals surface area contributed by atoms with Gasteiger partial charge in [-0.1, -0.05) is 34.1 Å². The SMILES string of the molecule is CN(CCOc1ccccc1)C(=O)c1ccc(COc2ccc(Br)cc2)o1. The zero-order chi connectivity index (χ0) is 19.1. The van der Waals surface area contributed by atoms with Crippen molar-refractivity contribution in [3.63, 3.8) is 0 Å². The third-order valence-corrected chi connectivity index (χ3v) is 4.38. The molecule has 0 fully saturated rings. The number of para-hydroxylation sites is 1. The first-order valence-electron chi connectivity index (χ1n) is 8.52. The predicted octanol–water partition coefficient (Wildman–Crippen LogP) is 4.77. The molecule has 0 atom stereocenters. The minimum atomic E-state index is -0.193. The number of hydrogen-bond donors (Lipinski definition) is 0.